The van der Waals surface area contributed by atoms with Gasteiger partial charge in [0.1, 0.15) is 5.52 Å². The van der Waals surface area contributed by atoms with Gasteiger partial charge in [-0.05, 0) is 62.3 Å². The van der Waals surface area contributed by atoms with E-state index in [-0.39, 0.29) is 11.8 Å². The Morgan fingerprint density at radius 3 is 2.65 bits per heavy atom. The van der Waals surface area contributed by atoms with Gasteiger partial charge in [0.25, 0.3) is 11.8 Å². The second-order valence-electron chi connectivity index (χ2n) is 9.10. The molecule has 3 aromatic rings. The molecule has 9 heteroatoms. The van der Waals surface area contributed by atoms with Crippen LogP contribution in [-0.4, -0.2) is 57.6 Å². The molecule has 2 aromatic heterocycles. The Balaban J connectivity index is 1.47. The predicted molar refractivity (Wildman–Crippen MR) is 130 cm³/mol. The van der Waals surface area contributed by atoms with Crippen molar-refractivity contribution in [3.8, 4) is 0 Å². The first kappa shape index (κ1) is 22.3. The number of fused-ring (bicyclic) bond motifs is 1. The van der Waals surface area contributed by atoms with Crippen molar-refractivity contribution < 1.29 is 14.3 Å². The number of hydrogen-bond acceptors (Lipinski definition) is 6. The third kappa shape index (κ3) is 4.75. The Labute approximate surface area is 198 Å². The summed E-state index contributed by atoms with van der Waals surface area (Å²) in [5.74, 6) is 0.508. The van der Waals surface area contributed by atoms with E-state index in [0.717, 1.165) is 58.4 Å². The van der Waals surface area contributed by atoms with E-state index in [1.807, 2.05) is 9.47 Å². The number of rotatable bonds is 5. The summed E-state index contributed by atoms with van der Waals surface area (Å²) in [5.41, 5.74) is 8.61. The Kier molecular flexibility index (Phi) is 6.44. The van der Waals surface area contributed by atoms with Crippen LogP contribution in [0.2, 0.25) is 0 Å². The molecule has 2 amide bonds. The quantitative estimate of drug-likeness (QED) is 0.562. The van der Waals surface area contributed by atoms with Gasteiger partial charge in [0.05, 0.1) is 5.56 Å². The molecule has 9 nitrogen and oxygen atoms in total. The average molecular weight is 463 g/mol. The minimum absolute atomic E-state index is 0.0153. The Bertz CT molecular complexity index is 1190. The van der Waals surface area contributed by atoms with Gasteiger partial charge in [-0.25, -0.2) is 9.97 Å². The van der Waals surface area contributed by atoms with E-state index in [2.05, 4.69) is 15.3 Å². The Morgan fingerprint density at radius 2 is 1.88 bits per heavy atom. The van der Waals surface area contributed by atoms with E-state index < -0.39 is 0 Å². The fourth-order valence-corrected chi connectivity index (χ4v) is 4.72. The highest BCUT2D eigenvalue weighted by Crippen LogP contribution is 2.25. The van der Waals surface area contributed by atoms with Crippen molar-refractivity contribution in [1.29, 1.82) is 0 Å². The number of likely N-dealkylation sites (tertiary alicyclic amines) is 1. The monoisotopic (exact) mass is 462 g/mol. The predicted octanol–water partition coefficient (Wildman–Crippen LogP) is 3.32. The average Bonchev–Trinajstić information content (AvgIpc) is 3.20. The van der Waals surface area contributed by atoms with Crippen molar-refractivity contribution in [2.45, 2.75) is 38.6 Å². The van der Waals surface area contributed by atoms with E-state index in [9.17, 15) is 9.59 Å². The molecule has 1 aromatic carbocycles. The van der Waals surface area contributed by atoms with Gasteiger partial charge < -0.3 is 15.4 Å². The summed E-state index contributed by atoms with van der Waals surface area (Å²) in [6, 6.07) is 8.62. The molecular weight excluding hydrogens is 432 g/mol. The smallest absolute Gasteiger partial charge is 0.258 e. The molecule has 0 aliphatic carbocycles. The van der Waals surface area contributed by atoms with E-state index in [4.69, 9.17) is 10.5 Å². The minimum Gasteiger partial charge on any atom is -0.399 e. The standard InChI is InChI=1S/C25H30N6O3/c26-20-6-4-5-18(13-20)23(32)29-25-28-21-14-19(24(33)30-9-2-1-3-10-30)15-27-22(21)31(25)16-17-7-11-34-12-8-17/h4-6,13-15,17H,1-3,7-12,16,26H2,(H,28,29,32). The molecule has 3 N–H and O–H groups in total. The number of amides is 2. The molecule has 2 aliphatic rings. The van der Waals surface area contributed by atoms with Gasteiger partial charge in [-0.3, -0.25) is 19.5 Å². The van der Waals surface area contributed by atoms with Gasteiger partial charge in [-0.2, -0.15) is 0 Å². The number of nitrogens with two attached hydrogens (primary N) is 1. The van der Waals surface area contributed by atoms with Gasteiger partial charge in [0, 0.05) is 50.3 Å². The summed E-state index contributed by atoms with van der Waals surface area (Å²) in [5, 5.41) is 2.94. The maximum absolute atomic E-state index is 13.0. The maximum atomic E-state index is 13.0. The van der Waals surface area contributed by atoms with Gasteiger partial charge in [-0.15, -0.1) is 0 Å². The van der Waals surface area contributed by atoms with E-state index in [1.165, 1.54) is 0 Å². The zero-order valence-electron chi connectivity index (χ0n) is 19.2. The zero-order chi connectivity index (χ0) is 23.5. The third-order valence-corrected chi connectivity index (χ3v) is 6.63. The molecule has 2 saturated heterocycles. The lowest BCUT2D eigenvalue weighted by atomic mass is 10.0. The van der Waals surface area contributed by atoms with Crippen molar-refractivity contribution in [3.05, 3.63) is 47.7 Å². The topological polar surface area (TPSA) is 115 Å². The highest BCUT2D eigenvalue weighted by atomic mass is 16.5. The fraction of sp³-hybridized carbons (Fsp3) is 0.440. The number of anilines is 2. The summed E-state index contributed by atoms with van der Waals surface area (Å²) in [6.45, 7) is 3.67. The summed E-state index contributed by atoms with van der Waals surface area (Å²) >= 11 is 0. The molecule has 0 radical (unpaired) electrons. The van der Waals surface area contributed by atoms with Crippen molar-refractivity contribution in [1.82, 2.24) is 19.4 Å². The number of aromatic nitrogens is 3. The van der Waals surface area contributed by atoms with Crippen LogP contribution in [0.15, 0.2) is 36.5 Å². The first-order valence-electron chi connectivity index (χ1n) is 12.0. The van der Waals surface area contributed by atoms with Gasteiger partial charge in [0.2, 0.25) is 5.95 Å². The molecule has 2 aliphatic heterocycles. The largest absolute Gasteiger partial charge is 0.399 e. The summed E-state index contributed by atoms with van der Waals surface area (Å²) < 4.78 is 7.45. The highest BCUT2D eigenvalue weighted by Gasteiger charge is 2.23. The molecule has 0 saturated carbocycles. The van der Waals surface area contributed by atoms with Crippen LogP contribution in [0.5, 0.6) is 0 Å². The number of nitrogens with zero attached hydrogens (tertiary/aromatic N) is 4. The number of piperidine rings is 1. The van der Waals surface area contributed by atoms with Crippen LogP contribution in [-0.2, 0) is 11.3 Å². The number of nitrogens with one attached hydrogen (secondary N) is 1. The van der Waals surface area contributed by atoms with Crippen LogP contribution < -0.4 is 11.1 Å². The first-order chi connectivity index (χ1) is 16.6. The van der Waals surface area contributed by atoms with Crippen LogP contribution >= 0.6 is 0 Å². The van der Waals surface area contributed by atoms with Crippen molar-refractivity contribution in [3.63, 3.8) is 0 Å². The van der Waals surface area contributed by atoms with E-state index in [1.54, 1.807) is 36.5 Å². The summed E-state index contributed by atoms with van der Waals surface area (Å²) in [7, 11) is 0. The molecule has 0 bridgehead atoms. The Hall–Kier alpha value is -3.46. The minimum atomic E-state index is -0.291. The van der Waals surface area contributed by atoms with Crippen molar-refractivity contribution in [2.24, 2.45) is 5.92 Å². The van der Waals surface area contributed by atoms with Crippen molar-refractivity contribution in [2.75, 3.05) is 37.4 Å². The second-order valence-corrected chi connectivity index (χ2v) is 9.10. The second kappa shape index (κ2) is 9.80. The number of ether oxygens (including phenoxy) is 1. The van der Waals surface area contributed by atoms with Gasteiger partial charge >= 0.3 is 0 Å². The molecule has 0 atom stereocenters. The number of hydrogen-bond donors (Lipinski definition) is 2. The zero-order valence-corrected chi connectivity index (χ0v) is 19.2. The third-order valence-electron chi connectivity index (χ3n) is 6.63. The summed E-state index contributed by atoms with van der Waals surface area (Å²) in [6.07, 6.45) is 6.73. The van der Waals surface area contributed by atoms with Crippen LogP contribution in [0.4, 0.5) is 11.6 Å². The highest BCUT2D eigenvalue weighted by molar-refractivity contribution is 6.04. The number of imidazole rings is 1. The molecule has 0 spiro atoms. The number of nitrogen functional groups attached to an aromatic ring is 1. The van der Waals surface area contributed by atoms with Gasteiger partial charge in [0.15, 0.2) is 5.65 Å². The molecule has 178 valence electrons. The molecule has 4 heterocycles. The SMILES string of the molecule is Nc1cccc(C(=O)Nc2nc3cc(C(=O)N4CCCCC4)cnc3n2CC2CCOCC2)c1. The molecular formula is C25H30N6O3. The number of pyridine rings is 1. The number of benzene rings is 1. The van der Waals surface area contributed by atoms with Crippen LogP contribution in [0.3, 0.4) is 0 Å². The van der Waals surface area contributed by atoms with E-state index in [0.29, 0.717) is 46.4 Å². The summed E-state index contributed by atoms with van der Waals surface area (Å²) in [4.78, 5) is 37.2. The fourth-order valence-electron chi connectivity index (χ4n) is 4.72. The lowest BCUT2D eigenvalue weighted by molar-refractivity contribution is 0.0616. The molecule has 0 unspecified atom stereocenters. The lowest BCUT2D eigenvalue weighted by Gasteiger charge is -2.26. The Morgan fingerprint density at radius 1 is 1.09 bits per heavy atom. The molecule has 5 rings (SSSR count). The van der Waals surface area contributed by atoms with Crippen LogP contribution in [0.25, 0.3) is 11.2 Å². The lowest BCUT2D eigenvalue weighted by Crippen LogP contribution is -2.35. The first-order valence-corrected chi connectivity index (χ1v) is 12.0. The maximum Gasteiger partial charge on any atom is 0.258 e. The molecule has 2 fully saturated rings. The number of carbonyl (C=O) groups excluding carboxylic acids is 2. The van der Waals surface area contributed by atoms with Crippen LogP contribution in [0.1, 0.15) is 52.8 Å². The number of carbonyl (C=O) groups is 2. The normalized spacial score (nSPS) is 17.1. The van der Waals surface area contributed by atoms with E-state index >= 15 is 0 Å². The van der Waals surface area contributed by atoms with Gasteiger partial charge in [-0.1, -0.05) is 6.07 Å². The van der Waals surface area contributed by atoms with Crippen molar-refractivity contribution >= 4 is 34.6 Å². The van der Waals surface area contributed by atoms with Crippen LogP contribution in [0, 0.1) is 5.92 Å². The molecule has 34 heavy (non-hydrogen) atoms.